The van der Waals surface area contributed by atoms with Gasteiger partial charge in [-0.05, 0) is 67.3 Å². The third kappa shape index (κ3) is 4.09. The van der Waals surface area contributed by atoms with Crippen molar-refractivity contribution in [1.29, 1.82) is 0 Å². The van der Waals surface area contributed by atoms with Crippen LogP contribution in [-0.4, -0.2) is 21.6 Å². The van der Waals surface area contributed by atoms with E-state index < -0.39 is 11.9 Å². The zero-order chi connectivity index (χ0) is 22.8. The van der Waals surface area contributed by atoms with E-state index in [9.17, 15) is 14.7 Å². The molecule has 33 heavy (non-hydrogen) atoms. The van der Waals surface area contributed by atoms with Gasteiger partial charge < -0.3 is 5.11 Å². The van der Waals surface area contributed by atoms with E-state index in [2.05, 4.69) is 30.3 Å². The Kier molecular flexibility index (Phi) is 5.82. The fourth-order valence-corrected chi connectivity index (χ4v) is 5.15. The molecule has 3 aromatic carbocycles. The molecular formula is C29H27NO3. The highest BCUT2D eigenvalue weighted by Crippen LogP contribution is 2.35. The zero-order valence-corrected chi connectivity index (χ0v) is 18.5. The van der Waals surface area contributed by atoms with Crippen molar-refractivity contribution in [2.45, 2.75) is 38.5 Å². The number of carbonyl (C=O) groups excluding carboxylic acids is 1. The molecule has 1 atom stereocenters. The SMILES string of the molecule is O=C(O)C1CCc2c(c3ccccc3n2C(=O)c2ccccc2CCCc2ccccc2)C1. The number of benzene rings is 3. The van der Waals surface area contributed by atoms with E-state index in [0.717, 1.165) is 52.5 Å². The summed E-state index contributed by atoms with van der Waals surface area (Å²) in [6.45, 7) is 0. The number of fused-ring (bicyclic) bond motifs is 3. The summed E-state index contributed by atoms with van der Waals surface area (Å²) >= 11 is 0. The van der Waals surface area contributed by atoms with E-state index in [1.54, 1.807) is 0 Å². The normalized spacial score (nSPS) is 15.3. The van der Waals surface area contributed by atoms with Crippen molar-refractivity contribution in [2.24, 2.45) is 5.92 Å². The van der Waals surface area contributed by atoms with Gasteiger partial charge in [-0.3, -0.25) is 14.2 Å². The van der Waals surface area contributed by atoms with Crippen molar-refractivity contribution >= 4 is 22.8 Å². The molecule has 5 rings (SSSR count). The largest absolute Gasteiger partial charge is 0.481 e. The third-order valence-corrected chi connectivity index (χ3v) is 6.82. The first-order valence-electron chi connectivity index (χ1n) is 11.6. The van der Waals surface area contributed by atoms with Crippen LogP contribution in [-0.2, 0) is 30.5 Å². The number of carbonyl (C=O) groups is 2. The van der Waals surface area contributed by atoms with Crippen LogP contribution in [0.2, 0.25) is 0 Å². The van der Waals surface area contributed by atoms with Gasteiger partial charge in [0.1, 0.15) is 0 Å². The topological polar surface area (TPSA) is 59.3 Å². The van der Waals surface area contributed by atoms with Gasteiger partial charge in [0.15, 0.2) is 0 Å². The lowest BCUT2D eigenvalue weighted by Gasteiger charge is -2.21. The highest BCUT2D eigenvalue weighted by Gasteiger charge is 2.31. The van der Waals surface area contributed by atoms with Crippen LogP contribution in [0.15, 0.2) is 78.9 Å². The smallest absolute Gasteiger partial charge is 0.306 e. The van der Waals surface area contributed by atoms with E-state index >= 15 is 0 Å². The lowest BCUT2D eigenvalue weighted by molar-refractivity contribution is -0.142. The fourth-order valence-electron chi connectivity index (χ4n) is 5.15. The second kappa shape index (κ2) is 9.07. The molecule has 1 N–H and O–H groups in total. The number of hydrogen-bond acceptors (Lipinski definition) is 2. The number of carboxylic acid groups (broad SMARTS) is 1. The second-order valence-electron chi connectivity index (χ2n) is 8.86. The van der Waals surface area contributed by atoms with Gasteiger partial charge >= 0.3 is 5.97 Å². The highest BCUT2D eigenvalue weighted by atomic mass is 16.4. The van der Waals surface area contributed by atoms with Gasteiger partial charge in [-0.2, -0.15) is 0 Å². The quantitative estimate of drug-likeness (QED) is 0.421. The first kappa shape index (κ1) is 21.2. The number of para-hydroxylation sites is 1. The minimum Gasteiger partial charge on any atom is -0.481 e. The van der Waals surface area contributed by atoms with Crippen LogP contribution in [0.25, 0.3) is 10.9 Å². The maximum Gasteiger partial charge on any atom is 0.306 e. The standard InChI is InChI=1S/C29H27NO3/c31-28(23-14-5-4-12-21(23)13-8-11-20-9-2-1-3-10-20)30-26-16-7-6-15-24(26)25-19-22(29(32)33)17-18-27(25)30/h1-7,9-10,12,14-16,22H,8,11,13,17-19H2,(H,32,33). The molecule has 0 radical (unpaired) electrons. The molecule has 1 aromatic heterocycles. The molecule has 0 fully saturated rings. The first-order chi connectivity index (χ1) is 16.1. The molecule has 4 heteroatoms. The van der Waals surface area contributed by atoms with E-state index in [1.165, 1.54) is 5.56 Å². The molecule has 1 aliphatic carbocycles. The predicted molar refractivity (Wildman–Crippen MR) is 130 cm³/mol. The highest BCUT2D eigenvalue weighted by molar-refractivity contribution is 6.05. The van der Waals surface area contributed by atoms with Crippen LogP contribution in [0.1, 0.15) is 45.6 Å². The number of nitrogens with zero attached hydrogens (tertiary/aromatic N) is 1. The summed E-state index contributed by atoms with van der Waals surface area (Å²) in [4.78, 5) is 25.5. The summed E-state index contributed by atoms with van der Waals surface area (Å²) < 4.78 is 1.85. The van der Waals surface area contributed by atoms with E-state index in [1.807, 2.05) is 53.1 Å². The van der Waals surface area contributed by atoms with Gasteiger partial charge in [0.25, 0.3) is 5.91 Å². The molecule has 1 heterocycles. The van der Waals surface area contributed by atoms with Crippen LogP contribution in [0.3, 0.4) is 0 Å². The maximum absolute atomic E-state index is 13.9. The summed E-state index contributed by atoms with van der Waals surface area (Å²) in [7, 11) is 0. The van der Waals surface area contributed by atoms with Crippen molar-refractivity contribution in [1.82, 2.24) is 4.57 Å². The monoisotopic (exact) mass is 437 g/mol. The lowest BCUT2D eigenvalue weighted by atomic mass is 9.86. The van der Waals surface area contributed by atoms with E-state index in [0.29, 0.717) is 19.3 Å². The Morgan fingerprint density at radius 1 is 0.879 bits per heavy atom. The molecule has 166 valence electrons. The molecule has 1 unspecified atom stereocenters. The van der Waals surface area contributed by atoms with Crippen molar-refractivity contribution in [3.63, 3.8) is 0 Å². The molecule has 0 spiro atoms. The molecular weight excluding hydrogens is 410 g/mol. The van der Waals surface area contributed by atoms with Crippen LogP contribution < -0.4 is 0 Å². The number of rotatable bonds is 6. The molecule has 4 aromatic rings. The Morgan fingerprint density at radius 3 is 2.42 bits per heavy atom. The van der Waals surface area contributed by atoms with Crippen LogP contribution in [0, 0.1) is 5.92 Å². The van der Waals surface area contributed by atoms with Gasteiger partial charge in [0.05, 0.1) is 11.4 Å². The Bertz CT molecular complexity index is 1320. The van der Waals surface area contributed by atoms with Crippen LogP contribution >= 0.6 is 0 Å². The second-order valence-corrected chi connectivity index (χ2v) is 8.86. The van der Waals surface area contributed by atoms with Crippen molar-refractivity contribution < 1.29 is 14.7 Å². The Morgan fingerprint density at radius 2 is 1.61 bits per heavy atom. The van der Waals surface area contributed by atoms with Gasteiger partial charge in [-0.1, -0.05) is 66.7 Å². The predicted octanol–water partition coefficient (Wildman–Crippen LogP) is 5.69. The van der Waals surface area contributed by atoms with Gasteiger partial charge in [-0.25, -0.2) is 0 Å². The minimum absolute atomic E-state index is 0.0171. The van der Waals surface area contributed by atoms with Crippen molar-refractivity contribution in [3.8, 4) is 0 Å². The Hall–Kier alpha value is -3.66. The molecule has 0 aliphatic heterocycles. The van der Waals surface area contributed by atoms with Crippen LogP contribution in [0.5, 0.6) is 0 Å². The fraction of sp³-hybridized carbons (Fsp3) is 0.241. The van der Waals surface area contributed by atoms with Crippen LogP contribution in [0.4, 0.5) is 0 Å². The number of aliphatic carboxylic acids is 1. The van der Waals surface area contributed by atoms with Crippen molar-refractivity contribution in [2.75, 3.05) is 0 Å². The molecule has 1 aliphatic rings. The van der Waals surface area contributed by atoms with Gasteiger partial charge in [0.2, 0.25) is 0 Å². The first-order valence-corrected chi connectivity index (χ1v) is 11.6. The number of aromatic nitrogens is 1. The summed E-state index contributed by atoms with van der Waals surface area (Å²) in [5.41, 5.74) is 5.95. The average Bonchev–Trinajstić information content (AvgIpc) is 3.18. The average molecular weight is 438 g/mol. The van der Waals surface area contributed by atoms with E-state index in [4.69, 9.17) is 0 Å². The molecule has 0 amide bonds. The summed E-state index contributed by atoms with van der Waals surface area (Å²) in [6.07, 6.45) is 4.41. The Balaban J connectivity index is 1.48. The molecule has 0 saturated heterocycles. The maximum atomic E-state index is 13.9. The zero-order valence-electron chi connectivity index (χ0n) is 18.5. The molecule has 0 bridgehead atoms. The molecule has 4 nitrogen and oxygen atoms in total. The summed E-state index contributed by atoms with van der Waals surface area (Å²) in [6, 6.07) is 26.2. The Labute approximate surface area is 193 Å². The van der Waals surface area contributed by atoms with E-state index in [-0.39, 0.29) is 5.91 Å². The third-order valence-electron chi connectivity index (χ3n) is 6.82. The summed E-state index contributed by atoms with van der Waals surface area (Å²) in [5, 5.41) is 10.6. The minimum atomic E-state index is -0.757. The number of aryl methyl sites for hydroxylation is 2. The number of hydrogen-bond donors (Lipinski definition) is 1. The van der Waals surface area contributed by atoms with Gasteiger partial charge in [-0.15, -0.1) is 0 Å². The van der Waals surface area contributed by atoms with Crippen molar-refractivity contribution in [3.05, 3.63) is 107 Å². The summed E-state index contributed by atoms with van der Waals surface area (Å²) in [5.74, 6) is -1.17. The number of carboxylic acids is 1. The lowest BCUT2D eigenvalue weighted by Crippen LogP contribution is -2.25. The van der Waals surface area contributed by atoms with Gasteiger partial charge in [0, 0.05) is 16.6 Å². The molecule has 0 saturated carbocycles.